The molecule has 0 spiro atoms. The van der Waals surface area contributed by atoms with Crippen LogP contribution in [-0.2, 0) is 9.59 Å². The van der Waals surface area contributed by atoms with Gasteiger partial charge < -0.3 is 15.7 Å². The SMILES string of the molecule is CC(C)C(O)CCNC(=O)C(=O)Nc1ccc(F)c(F)c1F. The first-order valence-electron chi connectivity index (χ1n) is 6.64. The highest BCUT2D eigenvalue weighted by atomic mass is 19.2. The van der Waals surface area contributed by atoms with Gasteiger partial charge in [-0.2, -0.15) is 0 Å². The number of carbonyl (C=O) groups excluding carboxylic acids is 2. The molecule has 0 aliphatic heterocycles. The Morgan fingerprint density at radius 2 is 1.77 bits per heavy atom. The zero-order valence-corrected chi connectivity index (χ0v) is 12.1. The predicted octanol–water partition coefficient (Wildman–Crippen LogP) is 1.57. The Bertz CT molecular complexity index is 565. The zero-order chi connectivity index (χ0) is 16.9. The van der Waals surface area contributed by atoms with Crippen molar-refractivity contribution in [3.05, 3.63) is 29.6 Å². The average molecular weight is 318 g/mol. The first kappa shape index (κ1) is 18.0. The smallest absolute Gasteiger partial charge is 0.313 e. The van der Waals surface area contributed by atoms with E-state index in [1.54, 1.807) is 13.8 Å². The van der Waals surface area contributed by atoms with Crippen molar-refractivity contribution in [1.29, 1.82) is 0 Å². The summed E-state index contributed by atoms with van der Waals surface area (Å²) in [6.45, 7) is 3.64. The molecule has 1 unspecified atom stereocenters. The Labute approximate surface area is 125 Å². The van der Waals surface area contributed by atoms with Crippen molar-refractivity contribution in [2.24, 2.45) is 5.92 Å². The molecule has 0 fully saturated rings. The molecule has 0 aromatic heterocycles. The summed E-state index contributed by atoms with van der Waals surface area (Å²) in [5, 5.41) is 13.6. The van der Waals surface area contributed by atoms with Crippen LogP contribution in [0.5, 0.6) is 0 Å². The standard InChI is InChI=1S/C14H17F3N2O3/c1-7(2)10(20)5-6-18-13(21)14(22)19-9-4-3-8(15)11(16)12(9)17/h3-4,7,10,20H,5-6H2,1-2H3,(H,18,21)(H,19,22). The van der Waals surface area contributed by atoms with E-state index >= 15 is 0 Å². The molecule has 0 saturated heterocycles. The highest BCUT2D eigenvalue weighted by molar-refractivity contribution is 6.39. The summed E-state index contributed by atoms with van der Waals surface area (Å²) in [5.41, 5.74) is -0.638. The Kier molecular flexibility index (Phi) is 6.36. The molecule has 8 heteroatoms. The van der Waals surface area contributed by atoms with Crippen LogP contribution in [0.2, 0.25) is 0 Å². The topological polar surface area (TPSA) is 78.4 Å². The Hall–Kier alpha value is -2.09. The van der Waals surface area contributed by atoms with Crippen molar-refractivity contribution in [3.63, 3.8) is 0 Å². The predicted molar refractivity (Wildman–Crippen MR) is 73.4 cm³/mol. The summed E-state index contributed by atoms with van der Waals surface area (Å²) < 4.78 is 39.1. The van der Waals surface area contributed by atoms with Gasteiger partial charge >= 0.3 is 11.8 Å². The minimum atomic E-state index is -1.74. The molecule has 22 heavy (non-hydrogen) atoms. The Balaban J connectivity index is 2.55. The van der Waals surface area contributed by atoms with Crippen LogP contribution in [-0.4, -0.2) is 29.6 Å². The van der Waals surface area contributed by atoms with Crippen molar-refractivity contribution in [2.45, 2.75) is 26.4 Å². The monoisotopic (exact) mass is 318 g/mol. The van der Waals surface area contributed by atoms with E-state index in [9.17, 15) is 27.9 Å². The summed E-state index contributed by atoms with van der Waals surface area (Å²) in [6, 6.07) is 1.44. The summed E-state index contributed by atoms with van der Waals surface area (Å²) >= 11 is 0. The minimum Gasteiger partial charge on any atom is -0.393 e. The summed E-state index contributed by atoms with van der Waals surface area (Å²) in [4.78, 5) is 23.0. The van der Waals surface area contributed by atoms with Crippen LogP contribution in [0.4, 0.5) is 18.9 Å². The molecule has 0 heterocycles. The van der Waals surface area contributed by atoms with Crippen molar-refractivity contribution in [1.82, 2.24) is 5.32 Å². The largest absolute Gasteiger partial charge is 0.393 e. The number of rotatable bonds is 5. The van der Waals surface area contributed by atoms with E-state index in [2.05, 4.69) is 5.32 Å². The number of aliphatic hydroxyl groups excluding tert-OH is 1. The lowest BCUT2D eigenvalue weighted by Gasteiger charge is -2.14. The van der Waals surface area contributed by atoms with Gasteiger partial charge in [0.15, 0.2) is 17.5 Å². The van der Waals surface area contributed by atoms with E-state index in [4.69, 9.17) is 0 Å². The Morgan fingerprint density at radius 3 is 2.36 bits per heavy atom. The second kappa shape index (κ2) is 7.79. The highest BCUT2D eigenvalue weighted by Crippen LogP contribution is 2.19. The third kappa shape index (κ3) is 4.73. The van der Waals surface area contributed by atoms with Crippen LogP contribution in [0, 0.1) is 23.4 Å². The molecule has 1 rings (SSSR count). The van der Waals surface area contributed by atoms with Gasteiger partial charge in [0.05, 0.1) is 11.8 Å². The van der Waals surface area contributed by atoms with Crippen molar-refractivity contribution < 1.29 is 27.9 Å². The number of hydrogen-bond donors (Lipinski definition) is 3. The lowest BCUT2D eigenvalue weighted by Crippen LogP contribution is -2.37. The highest BCUT2D eigenvalue weighted by Gasteiger charge is 2.19. The van der Waals surface area contributed by atoms with E-state index in [-0.39, 0.29) is 18.9 Å². The number of benzene rings is 1. The van der Waals surface area contributed by atoms with Gasteiger partial charge in [-0.25, -0.2) is 13.2 Å². The van der Waals surface area contributed by atoms with Crippen molar-refractivity contribution in [3.8, 4) is 0 Å². The third-order valence-electron chi connectivity index (χ3n) is 2.98. The Morgan fingerprint density at radius 1 is 1.14 bits per heavy atom. The van der Waals surface area contributed by atoms with Crippen LogP contribution in [0.25, 0.3) is 0 Å². The number of aliphatic hydroxyl groups is 1. The zero-order valence-electron chi connectivity index (χ0n) is 12.1. The van der Waals surface area contributed by atoms with Gasteiger partial charge in [0.1, 0.15) is 0 Å². The van der Waals surface area contributed by atoms with Gasteiger partial charge in [-0.3, -0.25) is 9.59 Å². The maximum atomic E-state index is 13.3. The summed E-state index contributed by atoms with van der Waals surface area (Å²) in [5.74, 6) is -7.01. The molecule has 0 aliphatic rings. The molecule has 0 aliphatic carbocycles. The van der Waals surface area contributed by atoms with Crippen LogP contribution in [0.1, 0.15) is 20.3 Å². The second-order valence-corrected chi connectivity index (χ2v) is 5.03. The molecule has 1 atom stereocenters. The van der Waals surface area contributed by atoms with Crippen LogP contribution in [0.15, 0.2) is 12.1 Å². The molecule has 3 N–H and O–H groups in total. The fourth-order valence-electron chi connectivity index (χ4n) is 1.55. The number of halogens is 3. The quantitative estimate of drug-likeness (QED) is 0.569. The van der Waals surface area contributed by atoms with Crippen LogP contribution >= 0.6 is 0 Å². The molecule has 2 amide bonds. The number of amides is 2. The first-order chi connectivity index (χ1) is 10.2. The number of nitrogens with one attached hydrogen (secondary N) is 2. The number of carbonyl (C=O) groups is 2. The molecule has 5 nitrogen and oxygen atoms in total. The van der Waals surface area contributed by atoms with Crippen LogP contribution in [0.3, 0.4) is 0 Å². The molecule has 1 aromatic carbocycles. The van der Waals surface area contributed by atoms with Crippen LogP contribution < -0.4 is 10.6 Å². The van der Waals surface area contributed by atoms with Gasteiger partial charge in [-0.05, 0) is 24.5 Å². The van der Waals surface area contributed by atoms with E-state index in [0.717, 1.165) is 6.07 Å². The summed E-state index contributed by atoms with van der Waals surface area (Å²) in [7, 11) is 0. The number of hydrogen-bond acceptors (Lipinski definition) is 3. The molecule has 0 radical (unpaired) electrons. The van der Waals surface area contributed by atoms with Gasteiger partial charge in [-0.15, -0.1) is 0 Å². The van der Waals surface area contributed by atoms with E-state index in [1.165, 1.54) is 0 Å². The van der Waals surface area contributed by atoms with Gasteiger partial charge in [0.2, 0.25) is 0 Å². The third-order valence-corrected chi connectivity index (χ3v) is 2.98. The van der Waals surface area contributed by atoms with Gasteiger partial charge in [0.25, 0.3) is 0 Å². The fourth-order valence-corrected chi connectivity index (χ4v) is 1.55. The first-order valence-corrected chi connectivity index (χ1v) is 6.64. The van der Waals surface area contributed by atoms with E-state index in [1.807, 2.05) is 5.32 Å². The van der Waals surface area contributed by atoms with Gasteiger partial charge in [-0.1, -0.05) is 13.8 Å². The van der Waals surface area contributed by atoms with Crippen molar-refractivity contribution in [2.75, 3.05) is 11.9 Å². The minimum absolute atomic E-state index is 0.00187. The normalized spacial score (nSPS) is 12.1. The van der Waals surface area contributed by atoms with Crippen molar-refractivity contribution >= 4 is 17.5 Å². The molecule has 0 saturated carbocycles. The molecular weight excluding hydrogens is 301 g/mol. The average Bonchev–Trinajstić information content (AvgIpc) is 2.47. The maximum Gasteiger partial charge on any atom is 0.313 e. The maximum absolute atomic E-state index is 13.3. The fraction of sp³-hybridized carbons (Fsp3) is 0.429. The lowest BCUT2D eigenvalue weighted by molar-refractivity contribution is -0.136. The van der Waals surface area contributed by atoms with E-state index in [0.29, 0.717) is 6.07 Å². The summed E-state index contributed by atoms with van der Waals surface area (Å²) in [6.07, 6.45) is -0.386. The second-order valence-electron chi connectivity index (χ2n) is 5.03. The molecular formula is C14H17F3N2O3. The van der Waals surface area contributed by atoms with Gasteiger partial charge in [0, 0.05) is 6.54 Å². The molecule has 0 bridgehead atoms. The molecule has 122 valence electrons. The number of anilines is 1. The molecule has 1 aromatic rings. The van der Waals surface area contributed by atoms with E-state index < -0.39 is 41.1 Å². The lowest BCUT2D eigenvalue weighted by atomic mass is 10.0.